The van der Waals surface area contributed by atoms with E-state index in [0.717, 1.165) is 26.4 Å². The van der Waals surface area contributed by atoms with Gasteiger partial charge in [0.05, 0.1) is 17.6 Å². The molecule has 0 spiro atoms. The maximum atomic E-state index is 12.3. The van der Waals surface area contributed by atoms with Gasteiger partial charge in [-0.3, -0.25) is 14.6 Å². The van der Waals surface area contributed by atoms with E-state index in [4.69, 9.17) is 0 Å². The van der Waals surface area contributed by atoms with Crippen LogP contribution >= 0.6 is 0 Å². The minimum Gasteiger partial charge on any atom is -0.322 e. The Morgan fingerprint density at radius 3 is 1.92 bits per heavy atom. The average Bonchev–Trinajstić information content (AvgIpc) is 3.22. The summed E-state index contributed by atoms with van der Waals surface area (Å²) in [4.78, 5) is 34.7. The SMILES string of the molecule is C=c1[nH]c(=O)c2cccc/c(=C\c3ccc4c(/C=c5\ccccc6c(=O)[nH]c(=C)c5=6)nnc-4cn3)c1=2. The van der Waals surface area contributed by atoms with Crippen LogP contribution in [0.3, 0.4) is 0 Å². The normalized spacial score (nSPS) is 12.7. The summed E-state index contributed by atoms with van der Waals surface area (Å²) in [5, 5.41) is 14.1. The fourth-order valence-electron chi connectivity index (χ4n) is 4.55. The summed E-state index contributed by atoms with van der Waals surface area (Å²) >= 11 is 0. The molecule has 0 aromatic carbocycles. The summed E-state index contributed by atoms with van der Waals surface area (Å²) in [6.45, 7) is 7.98. The molecule has 172 valence electrons. The van der Waals surface area contributed by atoms with Crippen molar-refractivity contribution < 1.29 is 0 Å². The predicted molar refractivity (Wildman–Crippen MR) is 138 cm³/mol. The van der Waals surface area contributed by atoms with E-state index in [1.54, 1.807) is 18.3 Å². The molecule has 0 amide bonds. The summed E-state index contributed by atoms with van der Waals surface area (Å²) in [7, 11) is 0. The highest BCUT2D eigenvalue weighted by Gasteiger charge is 2.11. The lowest BCUT2D eigenvalue weighted by atomic mass is 10.1. The van der Waals surface area contributed by atoms with Crippen LogP contribution in [0.15, 0.2) is 76.4 Å². The maximum Gasteiger partial charge on any atom is 0.256 e. The lowest BCUT2D eigenvalue weighted by Crippen LogP contribution is -2.13. The average molecular weight is 470 g/mol. The van der Waals surface area contributed by atoms with Gasteiger partial charge < -0.3 is 9.97 Å². The molecule has 0 saturated heterocycles. The van der Waals surface area contributed by atoms with Gasteiger partial charge in [0, 0.05) is 37.1 Å². The molecule has 4 heterocycles. The van der Waals surface area contributed by atoms with E-state index in [1.165, 1.54) is 0 Å². The zero-order chi connectivity index (χ0) is 24.8. The number of hydrogen-bond donors (Lipinski definition) is 2. The van der Waals surface area contributed by atoms with Crippen LogP contribution in [0.2, 0.25) is 0 Å². The van der Waals surface area contributed by atoms with E-state index in [2.05, 4.69) is 38.3 Å². The van der Waals surface area contributed by atoms with Gasteiger partial charge >= 0.3 is 0 Å². The molecule has 0 radical (unpaired) electrons. The van der Waals surface area contributed by atoms with Crippen molar-refractivity contribution in [1.29, 1.82) is 0 Å². The first-order valence-electron chi connectivity index (χ1n) is 11.3. The molecule has 0 atom stereocenters. The van der Waals surface area contributed by atoms with Crippen molar-refractivity contribution in [3.63, 3.8) is 0 Å². The molecule has 7 heteroatoms. The summed E-state index contributed by atoms with van der Waals surface area (Å²) in [6.07, 6.45) is 5.48. The zero-order valence-corrected chi connectivity index (χ0v) is 19.1. The zero-order valence-electron chi connectivity index (χ0n) is 19.1. The van der Waals surface area contributed by atoms with Crippen LogP contribution in [0.25, 0.3) is 36.6 Å². The number of fused-ring (bicyclic) bond motifs is 1. The van der Waals surface area contributed by atoms with Crippen molar-refractivity contribution in [1.82, 2.24) is 25.1 Å². The number of aromatic amines is 2. The number of H-pyrrole nitrogens is 2. The Kier molecular flexibility index (Phi) is 4.90. The molecule has 0 bridgehead atoms. The van der Waals surface area contributed by atoms with E-state index in [-0.39, 0.29) is 11.1 Å². The third-order valence-electron chi connectivity index (χ3n) is 6.21. The van der Waals surface area contributed by atoms with Crippen LogP contribution < -0.4 is 32.3 Å². The van der Waals surface area contributed by atoms with E-state index >= 15 is 0 Å². The van der Waals surface area contributed by atoms with Crippen LogP contribution in [0.5, 0.6) is 0 Å². The van der Waals surface area contributed by atoms with E-state index in [1.807, 2.05) is 60.7 Å². The molecule has 4 aliphatic heterocycles. The summed E-state index contributed by atoms with van der Waals surface area (Å²) in [5.41, 5.74) is 2.46. The molecular weight excluding hydrogens is 450 g/mol. The third kappa shape index (κ3) is 3.50. The van der Waals surface area contributed by atoms with Crippen LogP contribution in [-0.4, -0.2) is 25.1 Å². The van der Waals surface area contributed by atoms with Crippen molar-refractivity contribution in [3.8, 4) is 11.3 Å². The Morgan fingerprint density at radius 1 is 0.694 bits per heavy atom. The number of nitrogens with zero attached hydrogens (tertiary/aromatic N) is 3. The van der Waals surface area contributed by atoms with Gasteiger partial charge in [0.1, 0.15) is 5.69 Å². The second kappa shape index (κ2) is 8.25. The summed E-state index contributed by atoms with van der Waals surface area (Å²) < 4.78 is 0. The van der Waals surface area contributed by atoms with E-state index in [9.17, 15) is 9.59 Å². The molecular formula is C29H19N5O2. The molecule has 0 fully saturated rings. The Bertz CT molecular complexity index is 2250. The highest BCUT2D eigenvalue weighted by Crippen LogP contribution is 2.21. The van der Waals surface area contributed by atoms with Crippen molar-refractivity contribution >= 4 is 25.3 Å². The number of hydrogen-bond acceptors (Lipinski definition) is 5. The van der Waals surface area contributed by atoms with Crippen molar-refractivity contribution in [2.75, 3.05) is 0 Å². The lowest BCUT2D eigenvalue weighted by molar-refractivity contribution is 1.08. The molecule has 7 nitrogen and oxygen atoms in total. The number of nitrogens with one attached hydrogen (secondary N) is 2. The number of rotatable bonds is 2. The van der Waals surface area contributed by atoms with Gasteiger partial charge in [-0.1, -0.05) is 49.6 Å². The molecule has 0 aromatic rings. The highest BCUT2D eigenvalue weighted by molar-refractivity contribution is 5.71. The van der Waals surface area contributed by atoms with Gasteiger partial charge in [0.25, 0.3) is 11.1 Å². The second-order valence-electron chi connectivity index (χ2n) is 8.48. The Morgan fingerprint density at radius 2 is 1.28 bits per heavy atom. The van der Waals surface area contributed by atoms with Gasteiger partial charge in [-0.15, -0.1) is 10.2 Å². The van der Waals surface area contributed by atoms with Crippen molar-refractivity contribution in [2.45, 2.75) is 0 Å². The largest absolute Gasteiger partial charge is 0.322 e. The monoisotopic (exact) mass is 469 g/mol. The molecule has 2 N–H and O–H groups in total. The van der Waals surface area contributed by atoms with Crippen LogP contribution in [-0.2, 0) is 0 Å². The van der Waals surface area contributed by atoms with Gasteiger partial charge in [-0.25, -0.2) is 0 Å². The first kappa shape index (κ1) is 21.4. The topological polar surface area (TPSA) is 104 Å². The Labute approximate surface area is 202 Å². The third-order valence-corrected chi connectivity index (χ3v) is 6.21. The van der Waals surface area contributed by atoms with Crippen LogP contribution in [0, 0.1) is 20.9 Å². The first-order chi connectivity index (χ1) is 17.5. The fraction of sp³-hybridized carbons (Fsp3) is 0. The molecule has 6 rings (SSSR count). The first-order valence-corrected chi connectivity index (χ1v) is 11.3. The van der Waals surface area contributed by atoms with E-state index < -0.39 is 0 Å². The lowest BCUT2D eigenvalue weighted by Gasteiger charge is -1.90. The van der Waals surface area contributed by atoms with Gasteiger partial charge in [-0.05, 0) is 46.9 Å². The minimum absolute atomic E-state index is 0.165. The van der Waals surface area contributed by atoms with Gasteiger partial charge in [0.15, 0.2) is 0 Å². The molecule has 0 aromatic heterocycles. The summed E-state index contributed by atoms with van der Waals surface area (Å²) in [5.74, 6) is 0. The Balaban J connectivity index is 1.57. The molecule has 0 unspecified atom stereocenters. The smallest absolute Gasteiger partial charge is 0.256 e. The maximum absolute atomic E-state index is 12.3. The predicted octanol–water partition coefficient (Wildman–Crippen LogP) is 0.281. The van der Waals surface area contributed by atoms with Crippen molar-refractivity contribution in [3.05, 3.63) is 141 Å². The van der Waals surface area contributed by atoms with Gasteiger partial charge in [0.2, 0.25) is 0 Å². The van der Waals surface area contributed by atoms with Crippen molar-refractivity contribution in [2.24, 2.45) is 0 Å². The molecule has 36 heavy (non-hydrogen) atoms. The molecule has 0 saturated carbocycles. The standard InChI is InChI=1S/C29H19N5O2/c1-16-26-18(7-3-5-9-22(26)28(35)31-16)13-20-11-12-21-24(33-34-25(21)15-30-20)14-19-8-4-6-10-23-27(19)17(2)32-29(23)36/h3-15H,1-2H2,(H,31,35)(H,32,36)/b18-13+,19-14+. The Hall–Kier alpha value is -5.17. The van der Waals surface area contributed by atoms with Gasteiger partial charge in [-0.2, -0.15) is 0 Å². The highest BCUT2D eigenvalue weighted by atomic mass is 16.1. The van der Waals surface area contributed by atoms with E-state index in [0.29, 0.717) is 38.2 Å². The minimum atomic E-state index is -0.171. The van der Waals surface area contributed by atoms with Crippen LogP contribution in [0.1, 0.15) is 11.4 Å². The summed E-state index contributed by atoms with van der Waals surface area (Å²) in [6, 6.07) is 18.6. The number of aromatic nitrogens is 5. The molecule has 2 aliphatic carbocycles. The fourth-order valence-corrected chi connectivity index (χ4v) is 4.55. The second-order valence-corrected chi connectivity index (χ2v) is 8.48. The quantitative estimate of drug-likeness (QED) is 0.379. The molecule has 6 aliphatic rings. The van der Waals surface area contributed by atoms with Crippen LogP contribution in [0.4, 0.5) is 0 Å².